The number of carbonyl (C=O) groups excluding carboxylic acids is 2. The molecule has 2 N–H and O–H groups in total. The Kier molecular flexibility index (Phi) is 8.14. The van der Waals surface area contributed by atoms with E-state index in [1.165, 1.54) is 18.2 Å². The third kappa shape index (κ3) is 7.02. The molecule has 0 radical (unpaired) electrons. The SMILES string of the molecule is CCOC(=O)Cc1ccc(/C=C/c2ccc(NC(=O)OCC)cc2S(=O)(=O)O)cc1. The molecule has 0 spiro atoms. The van der Waals surface area contributed by atoms with E-state index in [-0.39, 0.29) is 35.1 Å². The summed E-state index contributed by atoms with van der Waals surface area (Å²) in [5, 5.41) is 2.39. The van der Waals surface area contributed by atoms with E-state index in [2.05, 4.69) is 5.32 Å². The molecule has 0 heterocycles. The Morgan fingerprint density at radius 3 is 2.27 bits per heavy atom. The number of amides is 1. The number of anilines is 1. The second kappa shape index (κ2) is 10.6. The van der Waals surface area contributed by atoms with Crippen LogP contribution in [0.3, 0.4) is 0 Å². The molecule has 0 bridgehead atoms. The minimum Gasteiger partial charge on any atom is -0.466 e. The van der Waals surface area contributed by atoms with Gasteiger partial charge in [0.15, 0.2) is 0 Å². The van der Waals surface area contributed by atoms with Crippen molar-refractivity contribution in [3.63, 3.8) is 0 Å². The summed E-state index contributed by atoms with van der Waals surface area (Å²) in [7, 11) is -4.53. The van der Waals surface area contributed by atoms with Crippen LogP contribution in [0.15, 0.2) is 47.4 Å². The van der Waals surface area contributed by atoms with Gasteiger partial charge in [-0.1, -0.05) is 42.5 Å². The molecule has 2 aromatic carbocycles. The van der Waals surface area contributed by atoms with Gasteiger partial charge in [0.05, 0.1) is 19.6 Å². The number of hydrogen-bond acceptors (Lipinski definition) is 6. The summed E-state index contributed by atoms with van der Waals surface area (Å²) in [6.45, 7) is 3.87. The molecule has 2 rings (SSSR count). The molecular weight excluding hydrogens is 410 g/mol. The van der Waals surface area contributed by atoms with E-state index < -0.39 is 16.2 Å². The molecule has 8 nitrogen and oxygen atoms in total. The lowest BCUT2D eigenvalue weighted by atomic mass is 10.1. The van der Waals surface area contributed by atoms with E-state index in [0.717, 1.165) is 17.2 Å². The molecule has 9 heteroatoms. The third-order valence-electron chi connectivity index (χ3n) is 3.90. The molecule has 1 amide bonds. The first kappa shape index (κ1) is 23.1. The largest absolute Gasteiger partial charge is 0.466 e. The summed E-state index contributed by atoms with van der Waals surface area (Å²) in [6, 6.07) is 11.2. The van der Waals surface area contributed by atoms with Crippen LogP contribution in [-0.2, 0) is 30.8 Å². The Morgan fingerprint density at radius 1 is 1.00 bits per heavy atom. The predicted molar refractivity (Wildman–Crippen MR) is 113 cm³/mol. The Labute approximate surface area is 175 Å². The van der Waals surface area contributed by atoms with Crippen LogP contribution in [-0.4, -0.2) is 38.2 Å². The van der Waals surface area contributed by atoms with Crippen LogP contribution in [0.1, 0.15) is 30.5 Å². The van der Waals surface area contributed by atoms with E-state index in [1.54, 1.807) is 44.2 Å². The van der Waals surface area contributed by atoms with E-state index in [1.807, 2.05) is 0 Å². The molecule has 0 saturated heterocycles. The van der Waals surface area contributed by atoms with Crippen molar-refractivity contribution >= 4 is 40.0 Å². The standard InChI is InChI=1S/C21H23NO7S/c1-3-28-20(23)13-16-7-5-15(6-8-16)9-10-17-11-12-18(22-21(24)29-4-2)14-19(17)30(25,26)27/h5-12,14H,3-4,13H2,1-2H3,(H,22,24)(H,25,26,27)/b10-9+. The maximum absolute atomic E-state index is 11.8. The van der Waals surface area contributed by atoms with Gasteiger partial charge in [-0.25, -0.2) is 4.79 Å². The smallest absolute Gasteiger partial charge is 0.411 e. The normalized spacial score (nSPS) is 11.3. The molecule has 160 valence electrons. The van der Waals surface area contributed by atoms with Crippen molar-refractivity contribution < 1.29 is 32.0 Å². The average Bonchev–Trinajstić information content (AvgIpc) is 2.67. The Hall–Kier alpha value is -3.17. The second-order valence-electron chi connectivity index (χ2n) is 6.13. The fourth-order valence-electron chi connectivity index (χ4n) is 2.57. The maximum atomic E-state index is 11.8. The number of nitrogens with one attached hydrogen (secondary N) is 1. The Balaban J connectivity index is 2.21. The zero-order valence-corrected chi connectivity index (χ0v) is 17.4. The van der Waals surface area contributed by atoms with E-state index in [0.29, 0.717) is 6.61 Å². The highest BCUT2D eigenvalue weighted by atomic mass is 32.2. The van der Waals surface area contributed by atoms with Crippen molar-refractivity contribution in [2.45, 2.75) is 25.2 Å². The highest BCUT2D eigenvalue weighted by Crippen LogP contribution is 2.23. The van der Waals surface area contributed by atoms with Crippen LogP contribution < -0.4 is 5.32 Å². The van der Waals surface area contributed by atoms with Gasteiger partial charge in [-0.2, -0.15) is 8.42 Å². The molecule has 0 aliphatic carbocycles. The summed E-state index contributed by atoms with van der Waals surface area (Å²) in [5.41, 5.74) is 1.96. The first-order chi connectivity index (χ1) is 14.2. The number of benzene rings is 2. The molecule has 0 saturated carbocycles. The number of rotatable bonds is 8. The minimum atomic E-state index is -4.53. The van der Waals surface area contributed by atoms with Gasteiger partial charge in [0.25, 0.3) is 10.1 Å². The molecule has 30 heavy (non-hydrogen) atoms. The molecular formula is C21H23NO7S. The predicted octanol–water partition coefficient (Wildman–Crippen LogP) is 3.78. The lowest BCUT2D eigenvalue weighted by Gasteiger charge is -2.09. The molecule has 0 aliphatic heterocycles. The van der Waals surface area contributed by atoms with Crippen molar-refractivity contribution in [1.29, 1.82) is 0 Å². The minimum absolute atomic E-state index is 0.163. The van der Waals surface area contributed by atoms with Gasteiger partial charge >= 0.3 is 12.1 Å². The number of esters is 1. The lowest BCUT2D eigenvalue weighted by Crippen LogP contribution is -2.14. The molecule has 0 aromatic heterocycles. The van der Waals surface area contributed by atoms with Crippen molar-refractivity contribution in [3.8, 4) is 0 Å². The van der Waals surface area contributed by atoms with Crippen LogP contribution in [0, 0.1) is 0 Å². The Bertz CT molecular complexity index is 1030. The number of carbonyl (C=O) groups is 2. The van der Waals surface area contributed by atoms with Gasteiger partial charge in [-0.05, 0) is 42.7 Å². The lowest BCUT2D eigenvalue weighted by molar-refractivity contribution is -0.142. The van der Waals surface area contributed by atoms with Gasteiger partial charge < -0.3 is 9.47 Å². The summed E-state index contributed by atoms with van der Waals surface area (Å²) < 4.78 is 42.7. The van der Waals surface area contributed by atoms with Gasteiger partial charge in [0.2, 0.25) is 0 Å². The fraction of sp³-hybridized carbons (Fsp3) is 0.238. The van der Waals surface area contributed by atoms with Gasteiger partial charge in [0.1, 0.15) is 4.90 Å². The molecule has 0 atom stereocenters. The first-order valence-corrected chi connectivity index (χ1v) is 10.6. The monoisotopic (exact) mass is 433 g/mol. The van der Waals surface area contributed by atoms with Crippen molar-refractivity contribution in [3.05, 3.63) is 59.2 Å². The fourth-order valence-corrected chi connectivity index (χ4v) is 3.28. The molecule has 0 fully saturated rings. The summed E-state index contributed by atoms with van der Waals surface area (Å²) >= 11 is 0. The van der Waals surface area contributed by atoms with Gasteiger partial charge in [-0.3, -0.25) is 14.7 Å². The highest BCUT2D eigenvalue weighted by Gasteiger charge is 2.16. The maximum Gasteiger partial charge on any atom is 0.411 e. The molecule has 0 unspecified atom stereocenters. The van der Waals surface area contributed by atoms with Gasteiger partial charge in [-0.15, -0.1) is 0 Å². The summed E-state index contributed by atoms with van der Waals surface area (Å²) in [5.74, 6) is -0.310. The van der Waals surface area contributed by atoms with Crippen molar-refractivity contribution in [2.75, 3.05) is 18.5 Å². The van der Waals surface area contributed by atoms with Crippen molar-refractivity contribution in [1.82, 2.24) is 0 Å². The van der Waals surface area contributed by atoms with E-state index >= 15 is 0 Å². The van der Waals surface area contributed by atoms with E-state index in [9.17, 15) is 22.6 Å². The third-order valence-corrected chi connectivity index (χ3v) is 4.81. The van der Waals surface area contributed by atoms with Gasteiger partial charge in [0, 0.05) is 5.69 Å². The van der Waals surface area contributed by atoms with Crippen LogP contribution in [0.5, 0.6) is 0 Å². The van der Waals surface area contributed by atoms with Crippen LogP contribution in [0.4, 0.5) is 10.5 Å². The average molecular weight is 433 g/mol. The second-order valence-corrected chi connectivity index (χ2v) is 7.52. The zero-order valence-electron chi connectivity index (χ0n) is 16.6. The zero-order chi connectivity index (χ0) is 22.1. The highest BCUT2D eigenvalue weighted by molar-refractivity contribution is 7.86. The number of ether oxygens (including phenoxy) is 2. The van der Waals surface area contributed by atoms with Crippen LogP contribution in [0.25, 0.3) is 12.2 Å². The van der Waals surface area contributed by atoms with Crippen LogP contribution >= 0.6 is 0 Å². The van der Waals surface area contributed by atoms with E-state index in [4.69, 9.17) is 9.47 Å². The molecule has 2 aromatic rings. The first-order valence-electron chi connectivity index (χ1n) is 9.21. The van der Waals surface area contributed by atoms with Crippen molar-refractivity contribution in [2.24, 2.45) is 0 Å². The molecule has 0 aliphatic rings. The number of hydrogen-bond donors (Lipinski definition) is 2. The Morgan fingerprint density at radius 2 is 1.67 bits per heavy atom. The summed E-state index contributed by atoms with van der Waals surface area (Å²) in [4.78, 5) is 22.7. The summed E-state index contributed by atoms with van der Waals surface area (Å²) in [6.07, 6.45) is 2.62. The quantitative estimate of drug-likeness (QED) is 0.369. The topological polar surface area (TPSA) is 119 Å². The van der Waals surface area contributed by atoms with Crippen LogP contribution in [0.2, 0.25) is 0 Å².